The van der Waals surface area contributed by atoms with Gasteiger partial charge in [0.2, 0.25) is 0 Å². The molecule has 0 aromatic heterocycles. The number of hydrogen-bond acceptors (Lipinski definition) is 5. The van der Waals surface area contributed by atoms with E-state index >= 15 is 0 Å². The molecule has 0 bridgehead atoms. The zero-order valence-corrected chi connectivity index (χ0v) is 12.9. The third-order valence-electron chi connectivity index (χ3n) is 3.53. The maximum atomic E-state index is 9.92. The van der Waals surface area contributed by atoms with Gasteiger partial charge in [-0.2, -0.15) is 0 Å². The van der Waals surface area contributed by atoms with Crippen LogP contribution >= 0.6 is 0 Å². The van der Waals surface area contributed by atoms with Crippen molar-refractivity contribution in [3.8, 4) is 17.2 Å². The topological polar surface area (TPSA) is 63.4 Å². The molecule has 0 spiro atoms. The molecule has 0 fully saturated rings. The zero-order chi connectivity index (χ0) is 16.2. The summed E-state index contributed by atoms with van der Waals surface area (Å²) in [6.45, 7) is 0. The number of phenols is 1. The number of methoxy groups -OCH3 is 2. The largest absolute Gasteiger partial charge is 0.507 e. The van der Waals surface area contributed by atoms with Crippen molar-refractivity contribution < 1.29 is 14.6 Å². The Balaban J connectivity index is 2.06. The number of phenolic OH excluding ortho intramolecular Hbond substituents is 1. The van der Waals surface area contributed by atoms with Gasteiger partial charge in [0.15, 0.2) is 0 Å². The zero-order valence-electron chi connectivity index (χ0n) is 12.9. The summed E-state index contributed by atoms with van der Waals surface area (Å²) in [7, 11) is 3.17. The number of hydrogen-bond donors (Lipinski definition) is 1. The van der Waals surface area contributed by atoms with Gasteiger partial charge in [-0.3, -0.25) is 0 Å². The van der Waals surface area contributed by atoms with Gasteiger partial charge in [0.25, 0.3) is 0 Å². The van der Waals surface area contributed by atoms with E-state index in [1.54, 1.807) is 44.6 Å². The van der Waals surface area contributed by atoms with E-state index in [-0.39, 0.29) is 5.75 Å². The lowest BCUT2D eigenvalue weighted by Gasteiger charge is -2.06. The van der Waals surface area contributed by atoms with Crippen molar-refractivity contribution in [2.45, 2.75) is 0 Å². The molecule has 0 unspecified atom stereocenters. The van der Waals surface area contributed by atoms with E-state index in [1.165, 1.54) is 0 Å². The average molecular weight is 308 g/mol. The quantitative estimate of drug-likeness (QED) is 0.691. The summed E-state index contributed by atoms with van der Waals surface area (Å²) < 4.78 is 10.5. The third kappa shape index (κ3) is 2.94. The van der Waals surface area contributed by atoms with Gasteiger partial charge in [-0.1, -0.05) is 24.3 Å². The van der Waals surface area contributed by atoms with E-state index in [9.17, 15) is 5.11 Å². The average Bonchev–Trinajstić information content (AvgIpc) is 2.61. The van der Waals surface area contributed by atoms with Gasteiger partial charge in [0, 0.05) is 16.8 Å². The van der Waals surface area contributed by atoms with Gasteiger partial charge in [-0.25, -0.2) is 0 Å². The van der Waals surface area contributed by atoms with E-state index in [2.05, 4.69) is 10.2 Å². The van der Waals surface area contributed by atoms with Crippen LogP contribution in [0.2, 0.25) is 0 Å². The summed E-state index contributed by atoms with van der Waals surface area (Å²) in [6, 6.07) is 16.2. The fraction of sp³-hybridized carbons (Fsp3) is 0.111. The molecule has 0 saturated carbocycles. The Kier molecular flexibility index (Phi) is 4.10. The minimum absolute atomic E-state index is 0.221. The Labute approximate surface area is 133 Å². The standard InChI is InChI=1S/C18H16N2O3/c1-22-12-7-10-18(23-2)16(11-12)20-19-15-8-9-17(21)14-6-4-3-5-13(14)15/h3-11,21H,1-2H3. The van der Waals surface area contributed by atoms with E-state index < -0.39 is 0 Å². The third-order valence-corrected chi connectivity index (χ3v) is 3.53. The van der Waals surface area contributed by atoms with E-state index in [0.29, 0.717) is 22.9 Å². The van der Waals surface area contributed by atoms with Crippen LogP contribution in [0.25, 0.3) is 10.8 Å². The number of aromatic hydroxyl groups is 1. The molecule has 0 aliphatic carbocycles. The lowest BCUT2D eigenvalue weighted by atomic mass is 10.1. The van der Waals surface area contributed by atoms with Crippen LogP contribution in [0.4, 0.5) is 11.4 Å². The lowest BCUT2D eigenvalue weighted by molar-refractivity contribution is 0.404. The molecule has 0 heterocycles. The highest BCUT2D eigenvalue weighted by atomic mass is 16.5. The lowest BCUT2D eigenvalue weighted by Crippen LogP contribution is -1.86. The minimum atomic E-state index is 0.221. The second-order valence-corrected chi connectivity index (χ2v) is 4.89. The predicted octanol–water partition coefficient (Wildman–Crippen LogP) is 4.98. The molecule has 3 aromatic carbocycles. The normalized spacial score (nSPS) is 11.0. The maximum absolute atomic E-state index is 9.92. The van der Waals surface area contributed by atoms with Gasteiger partial charge in [-0.05, 0) is 24.3 Å². The molecule has 0 atom stereocenters. The van der Waals surface area contributed by atoms with Gasteiger partial charge < -0.3 is 14.6 Å². The molecule has 5 heteroatoms. The van der Waals surface area contributed by atoms with Gasteiger partial charge in [0.1, 0.15) is 22.9 Å². The summed E-state index contributed by atoms with van der Waals surface area (Å²) >= 11 is 0. The fourth-order valence-corrected chi connectivity index (χ4v) is 2.34. The second kappa shape index (κ2) is 6.36. The second-order valence-electron chi connectivity index (χ2n) is 4.89. The molecule has 0 aliphatic rings. The molecule has 0 aliphatic heterocycles. The molecule has 0 amide bonds. The molecule has 1 N–H and O–H groups in total. The number of nitrogens with zero attached hydrogens (tertiary/aromatic N) is 2. The van der Waals surface area contributed by atoms with Crippen molar-refractivity contribution >= 4 is 22.1 Å². The van der Waals surface area contributed by atoms with Crippen LogP contribution in [-0.2, 0) is 0 Å². The van der Waals surface area contributed by atoms with Crippen molar-refractivity contribution in [1.29, 1.82) is 0 Å². The van der Waals surface area contributed by atoms with Crippen LogP contribution in [0.3, 0.4) is 0 Å². The smallest absolute Gasteiger partial charge is 0.146 e. The van der Waals surface area contributed by atoms with Gasteiger partial charge in [0.05, 0.1) is 19.9 Å². The molecule has 5 nitrogen and oxygen atoms in total. The van der Waals surface area contributed by atoms with E-state index in [4.69, 9.17) is 9.47 Å². The SMILES string of the molecule is COc1ccc(OC)c(N=Nc2ccc(O)c3ccccc23)c1. The summed E-state index contributed by atoms with van der Waals surface area (Å²) in [5, 5.41) is 20.1. The molecule has 0 radical (unpaired) electrons. The first-order valence-electron chi connectivity index (χ1n) is 7.07. The Morgan fingerprint density at radius 1 is 0.783 bits per heavy atom. The number of ether oxygens (including phenoxy) is 2. The van der Waals surface area contributed by atoms with Crippen molar-refractivity contribution in [2.75, 3.05) is 14.2 Å². The van der Waals surface area contributed by atoms with E-state index in [0.717, 1.165) is 10.8 Å². The van der Waals surface area contributed by atoms with Crippen LogP contribution in [0.15, 0.2) is 64.8 Å². The molecule has 23 heavy (non-hydrogen) atoms. The van der Waals surface area contributed by atoms with Crippen LogP contribution < -0.4 is 9.47 Å². The number of rotatable bonds is 4. The number of fused-ring (bicyclic) bond motifs is 1. The van der Waals surface area contributed by atoms with Crippen molar-refractivity contribution in [2.24, 2.45) is 10.2 Å². The van der Waals surface area contributed by atoms with Crippen LogP contribution in [0, 0.1) is 0 Å². The van der Waals surface area contributed by atoms with E-state index in [1.807, 2.05) is 24.3 Å². The summed E-state index contributed by atoms with van der Waals surface area (Å²) in [4.78, 5) is 0. The highest BCUT2D eigenvalue weighted by molar-refractivity contribution is 5.96. The van der Waals surface area contributed by atoms with Crippen LogP contribution in [0.5, 0.6) is 17.2 Å². The maximum Gasteiger partial charge on any atom is 0.146 e. The van der Waals surface area contributed by atoms with Crippen molar-refractivity contribution in [3.05, 3.63) is 54.6 Å². The van der Waals surface area contributed by atoms with Gasteiger partial charge in [-0.15, -0.1) is 10.2 Å². The number of azo groups is 1. The number of benzene rings is 3. The molecule has 3 aromatic rings. The molecular formula is C18H16N2O3. The first-order chi connectivity index (χ1) is 11.2. The first kappa shape index (κ1) is 14.8. The molecular weight excluding hydrogens is 292 g/mol. The molecule has 3 rings (SSSR count). The van der Waals surface area contributed by atoms with Crippen molar-refractivity contribution in [3.63, 3.8) is 0 Å². The monoisotopic (exact) mass is 308 g/mol. The summed E-state index contributed by atoms with van der Waals surface area (Å²) in [5.74, 6) is 1.51. The summed E-state index contributed by atoms with van der Waals surface area (Å²) in [5.41, 5.74) is 1.24. The Morgan fingerprint density at radius 3 is 2.26 bits per heavy atom. The predicted molar refractivity (Wildman–Crippen MR) is 89.3 cm³/mol. The fourth-order valence-electron chi connectivity index (χ4n) is 2.34. The Morgan fingerprint density at radius 2 is 1.52 bits per heavy atom. The minimum Gasteiger partial charge on any atom is -0.507 e. The molecule has 116 valence electrons. The van der Waals surface area contributed by atoms with Crippen LogP contribution in [0.1, 0.15) is 0 Å². The Bertz CT molecular complexity index is 875. The highest BCUT2D eigenvalue weighted by Crippen LogP contribution is 2.36. The van der Waals surface area contributed by atoms with Gasteiger partial charge >= 0.3 is 0 Å². The Hall–Kier alpha value is -3.08. The summed E-state index contributed by atoms with van der Waals surface area (Å²) in [6.07, 6.45) is 0. The molecule has 0 saturated heterocycles. The van der Waals surface area contributed by atoms with Crippen molar-refractivity contribution in [1.82, 2.24) is 0 Å². The highest BCUT2D eigenvalue weighted by Gasteiger charge is 2.06. The van der Waals surface area contributed by atoms with Crippen LogP contribution in [-0.4, -0.2) is 19.3 Å². The first-order valence-corrected chi connectivity index (χ1v) is 7.07.